The molecule has 0 amide bonds. The van der Waals surface area contributed by atoms with Crippen LogP contribution in [-0.4, -0.2) is 51.9 Å². The van der Waals surface area contributed by atoms with Crippen molar-refractivity contribution in [3.63, 3.8) is 0 Å². The van der Waals surface area contributed by atoms with Crippen LogP contribution in [0.2, 0.25) is 0 Å². The van der Waals surface area contributed by atoms with Crippen LogP contribution in [0.15, 0.2) is 12.2 Å². The van der Waals surface area contributed by atoms with Crippen molar-refractivity contribution in [1.29, 1.82) is 0 Å². The van der Waals surface area contributed by atoms with Gasteiger partial charge in [0, 0.05) is 17.8 Å². The van der Waals surface area contributed by atoms with Crippen molar-refractivity contribution < 1.29 is 34.4 Å². The molecular formula is C20H26O7. The van der Waals surface area contributed by atoms with Crippen LogP contribution in [0.25, 0.3) is 0 Å². The highest BCUT2D eigenvalue weighted by Gasteiger charge is 2.81. The van der Waals surface area contributed by atoms with Crippen molar-refractivity contribution in [2.45, 2.75) is 64.1 Å². The summed E-state index contributed by atoms with van der Waals surface area (Å²) in [5.74, 6) is -2.30. The van der Waals surface area contributed by atoms with E-state index in [0.29, 0.717) is 18.4 Å². The van der Waals surface area contributed by atoms with E-state index in [-0.39, 0.29) is 12.3 Å². The van der Waals surface area contributed by atoms with E-state index in [2.05, 4.69) is 6.58 Å². The molecule has 0 aromatic rings. The summed E-state index contributed by atoms with van der Waals surface area (Å²) in [5, 5.41) is 32.3. The summed E-state index contributed by atoms with van der Waals surface area (Å²) >= 11 is 0. The average Bonchev–Trinajstić information content (AvgIpc) is 2.97. The molecule has 3 saturated carbocycles. The highest BCUT2D eigenvalue weighted by Crippen LogP contribution is 2.72. The lowest BCUT2D eigenvalue weighted by molar-refractivity contribution is -0.261. The van der Waals surface area contributed by atoms with Crippen molar-refractivity contribution in [3.8, 4) is 0 Å². The largest absolute Gasteiger partial charge is 0.461 e. The van der Waals surface area contributed by atoms with E-state index in [0.717, 1.165) is 6.42 Å². The Balaban J connectivity index is 1.75. The van der Waals surface area contributed by atoms with Gasteiger partial charge in [-0.15, -0.1) is 0 Å². The molecule has 2 saturated heterocycles. The molecule has 0 aromatic heterocycles. The molecule has 2 spiro atoms. The van der Waals surface area contributed by atoms with Crippen molar-refractivity contribution in [2.24, 2.45) is 34.0 Å². The van der Waals surface area contributed by atoms with Gasteiger partial charge in [-0.25, -0.2) is 0 Å². The minimum atomic E-state index is -1.38. The maximum absolute atomic E-state index is 13.2. The normalized spacial score (nSPS) is 55.3. The van der Waals surface area contributed by atoms with Gasteiger partial charge in [0.15, 0.2) is 0 Å². The van der Waals surface area contributed by atoms with E-state index in [1.165, 1.54) is 0 Å². The third-order valence-corrected chi connectivity index (χ3v) is 8.59. The van der Waals surface area contributed by atoms with Crippen LogP contribution in [0.4, 0.5) is 0 Å². The van der Waals surface area contributed by atoms with Gasteiger partial charge in [-0.1, -0.05) is 20.4 Å². The maximum Gasteiger partial charge on any atom is 0.319 e. The highest BCUT2D eigenvalue weighted by molar-refractivity contribution is 5.89. The van der Waals surface area contributed by atoms with Gasteiger partial charge in [0.2, 0.25) is 6.29 Å². The SMILES string of the molecule is C=C1[C@@H]2CC[C@H]3[C@](C2)(C(=O)O[C@@H]2C[C@H](O)C(C)(C)[C@H]4[C@H](O)OC(=O)[C@]423)[C@H]1O. The average molecular weight is 378 g/mol. The first-order valence-corrected chi connectivity index (χ1v) is 9.74. The number of hydrogen-bond donors (Lipinski definition) is 3. The predicted molar refractivity (Wildman–Crippen MR) is 90.7 cm³/mol. The quantitative estimate of drug-likeness (QED) is 0.416. The number of ether oxygens (including phenoxy) is 2. The Bertz CT molecular complexity index is 759. The van der Waals surface area contributed by atoms with Crippen LogP contribution in [0.3, 0.4) is 0 Å². The van der Waals surface area contributed by atoms with Gasteiger partial charge >= 0.3 is 11.9 Å². The molecular weight excluding hydrogens is 352 g/mol. The predicted octanol–water partition coefficient (Wildman–Crippen LogP) is 0.514. The summed E-state index contributed by atoms with van der Waals surface area (Å²) in [4.78, 5) is 26.4. The molecule has 7 heteroatoms. The molecule has 0 unspecified atom stereocenters. The lowest BCUT2D eigenvalue weighted by Gasteiger charge is -2.61. The molecule has 0 radical (unpaired) electrons. The van der Waals surface area contributed by atoms with Gasteiger partial charge < -0.3 is 24.8 Å². The van der Waals surface area contributed by atoms with E-state index >= 15 is 0 Å². The fraction of sp³-hybridized carbons (Fsp3) is 0.800. The Kier molecular flexibility index (Phi) is 3.22. The van der Waals surface area contributed by atoms with Crippen LogP contribution in [0.5, 0.6) is 0 Å². The number of esters is 2. The van der Waals surface area contributed by atoms with Crippen LogP contribution in [0, 0.1) is 34.0 Å². The third-order valence-electron chi connectivity index (χ3n) is 8.59. The summed E-state index contributed by atoms with van der Waals surface area (Å²) < 4.78 is 11.1. The minimum absolute atomic E-state index is 0.0275. The van der Waals surface area contributed by atoms with Crippen LogP contribution < -0.4 is 0 Å². The van der Waals surface area contributed by atoms with Gasteiger partial charge in [-0.3, -0.25) is 9.59 Å². The second kappa shape index (κ2) is 4.93. The number of fused-ring (bicyclic) bond motifs is 1. The molecule has 2 aliphatic heterocycles. The maximum atomic E-state index is 13.2. The van der Waals surface area contributed by atoms with Crippen LogP contribution >= 0.6 is 0 Å². The van der Waals surface area contributed by atoms with E-state index in [4.69, 9.17) is 9.47 Å². The molecule has 2 heterocycles. The summed E-state index contributed by atoms with van der Waals surface area (Å²) in [6.45, 7) is 7.62. The summed E-state index contributed by atoms with van der Waals surface area (Å²) in [6.07, 6.45) is -2.37. The molecule has 3 N–H and O–H groups in total. The molecule has 2 bridgehead atoms. The van der Waals surface area contributed by atoms with Crippen LogP contribution in [-0.2, 0) is 19.1 Å². The van der Waals surface area contributed by atoms with E-state index < -0.39 is 64.6 Å². The fourth-order valence-corrected chi connectivity index (χ4v) is 7.29. The Hall–Kier alpha value is -1.44. The van der Waals surface area contributed by atoms with Crippen LogP contribution in [0.1, 0.15) is 39.5 Å². The fourth-order valence-electron chi connectivity index (χ4n) is 7.29. The first-order chi connectivity index (χ1) is 12.6. The van der Waals surface area contributed by atoms with E-state index in [1.807, 2.05) is 13.8 Å². The smallest absolute Gasteiger partial charge is 0.319 e. The zero-order chi connectivity index (χ0) is 19.5. The first-order valence-electron chi connectivity index (χ1n) is 9.74. The molecule has 0 aromatic carbocycles. The first kappa shape index (κ1) is 17.6. The van der Waals surface area contributed by atoms with Gasteiger partial charge in [0.25, 0.3) is 0 Å². The molecule has 5 rings (SSSR count). The molecule has 5 aliphatic rings. The Morgan fingerprint density at radius 2 is 1.78 bits per heavy atom. The number of aliphatic hydroxyl groups is 3. The number of cyclic esters (lactones) is 1. The summed E-state index contributed by atoms with van der Waals surface area (Å²) in [7, 11) is 0. The second-order valence-corrected chi connectivity index (χ2v) is 9.72. The van der Waals surface area contributed by atoms with Gasteiger partial charge in [-0.05, 0) is 36.7 Å². The van der Waals surface area contributed by atoms with Crippen molar-refractivity contribution in [3.05, 3.63) is 12.2 Å². The van der Waals surface area contributed by atoms with E-state index in [1.54, 1.807) is 0 Å². The molecule has 9 atom stereocenters. The molecule has 7 nitrogen and oxygen atoms in total. The molecule has 5 fully saturated rings. The second-order valence-electron chi connectivity index (χ2n) is 9.72. The molecule has 148 valence electrons. The van der Waals surface area contributed by atoms with Gasteiger partial charge in [-0.2, -0.15) is 0 Å². The number of carbonyl (C=O) groups is 2. The number of aliphatic hydroxyl groups excluding tert-OH is 3. The number of rotatable bonds is 0. The lowest BCUT2D eigenvalue weighted by Crippen LogP contribution is -2.71. The van der Waals surface area contributed by atoms with Crippen molar-refractivity contribution >= 4 is 11.9 Å². The third kappa shape index (κ3) is 1.67. The highest BCUT2D eigenvalue weighted by atomic mass is 16.6. The minimum Gasteiger partial charge on any atom is -0.461 e. The Labute approximate surface area is 157 Å². The van der Waals surface area contributed by atoms with Gasteiger partial charge in [0.1, 0.15) is 16.9 Å². The molecule has 27 heavy (non-hydrogen) atoms. The standard InChI is InChI=1S/C20H26O7/c1-8-9-4-5-10-19(7-9,14(8)22)16(24)26-12-6-11(21)18(2,3)13-15(23)27-17(25)20(10,12)13/h9-15,21-23H,1,4-7H2,2-3H3/t9-,10+,11+,12-,13-,14+,15-,19+,20+/m1/s1. The zero-order valence-corrected chi connectivity index (χ0v) is 15.6. The number of hydrogen-bond acceptors (Lipinski definition) is 7. The summed E-state index contributed by atoms with van der Waals surface area (Å²) in [5.41, 5.74) is -2.67. The van der Waals surface area contributed by atoms with E-state index in [9.17, 15) is 24.9 Å². The number of carbonyl (C=O) groups excluding carboxylic acids is 2. The summed E-state index contributed by atoms with van der Waals surface area (Å²) in [6, 6.07) is 0. The lowest BCUT2D eigenvalue weighted by atomic mass is 9.43. The zero-order valence-electron chi connectivity index (χ0n) is 15.6. The Morgan fingerprint density at radius 1 is 1.07 bits per heavy atom. The Morgan fingerprint density at radius 3 is 2.48 bits per heavy atom. The van der Waals surface area contributed by atoms with Crippen molar-refractivity contribution in [1.82, 2.24) is 0 Å². The van der Waals surface area contributed by atoms with Gasteiger partial charge in [0.05, 0.1) is 12.2 Å². The van der Waals surface area contributed by atoms with Crippen molar-refractivity contribution in [2.75, 3.05) is 0 Å². The molecule has 3 aliphatic carbocycles. The topological polar surface area (TPSA) is 113 Å². The monoisotopic (exact) mass is 378 g/mol.